The summed E-state index contributed by atoms with van der Waals surface area (Å²) in [4.78, 5) is 21.5. The van der Waals surface area contributed by atoms with Gasteiger partial charge in [-0.15, -0.1) is 5.10 Å². The summed E-state index contributed by atoms with van der Waals surface area (Å²) in [5.41, 5.74) is 8.87. The van der Waals surface area contributed by atoms with E-state index >= 15 is 0 Å². The molecule has 6 rings (SSSR count). The van der Waals surface area contributed by atoms with Crippen molar-refractivity contribution >= 4 is 23.3 Å². The summed E-state index contributed by atoms with van der Waals surface area (Å²) < 4.78 is 7.96. The van der Waals surface area contributed by atoms with Gasteiger partial charge in [-0.3, -0.25) is 4.90 Å². The Bertz CT molecular complexity index is 1460. The van der Waals surface area contributed by atoms with Crippen molar-refractivity contribution in [2.24, 2.45) is 4.99 Å². The molecule has 13 heteroatoms. The average molecular weight is 601 g/mol. The number of ether oxygens (including phenoxy) is 1. The molecule has 3 aliphatic heterocycles. The van der Waals surface area contributed by atoms with Crippen LogP contribution in [-0.4, -0.2) is 125 Å². The van der Waals surface area contributed by atoms with Gasteiger partial charge in [-0.25, -0.2) is 25.1 Å². The lowest BCUT2D eigenvalue weighted by molar-refractivity contribution is 0.0269. The average Bonchev–Trinajstić information content (AvgIpc) is 3.59. The molecule has 234 valence electrons. The molecule has 0 saturated carbocycles. The number of aromatic nitrogens is 5. The van der Waals surface area contributed by atoms with E-state index in [4.69, 9.17) is 19.7 Å². The molecule has 0 spiro atoms. The summed E-state index contributed by atoms with van der Waals surface area (Å²) in [6, 6.07) is 8.97. The maximum atomic E-state index is 6.14. The molecule has 2 aromatic heterocycles. The summed E-state index contributed by atoms with van der Waals surface area (Å²) in [6.07, 6.45) is 5.78. The predicted molar refractivity (Wildman–Crippen MR) is 173 cm³/mol. The molecule has 5 heterocycles. The largest absolute Gasteiger partial charge is 0.373 e. The second kappa shape index (κ2) is 13.4. The molecule has 3 aromatic rings. The number of anilines is 2. The number of nitrogens with one attached hydrogen (secondary N) is 2. The van der Waals surface area contributed by atoms with Crippen molar-refractivity contribution in [3.63, 3.8) is 0 Å². The van der Waals surface area contributed by atoms with E-state index in [-0.39, 0.29) is 12.1 Å². The van der Waals surface area contributed by atoms with Crippen LogP contribution in [-0.2, 0) is 17.8 Å². The van der Waals surface area contributed by atoms with Crippen molar-refractivity contribution in [1.29, 1.82) is 0 Å². The molecule has 2 unspecified atom stereocenters. The lowest BCUT2D eigenvalue weighted by atomic mass is 10.1. The van der Waals surface area contributed by atoms with E-state index in [1.165, 1.54) is 5.56 Å². The van der Waals surface area contributed by atoms with Crippen molar-refractivity contribution in [2.75, 3.05) is 77.2 Å². The van der Waals surface area contributed by atoms with Crippen LogP contribution in [0.3, 0.4) is 0 Å². The van der Waals surface area contributed by atoms with Gasteiger partial charge in [0.15, 0.2) is 11.6 Å². The molecule has 2 saturated heterocycles. The predicted octanol–water partition coefficient (Wildman–Crippen LogP) is 2.24. The van der Waals surface area contributed by atoms with Crippen molar-refractivity contribution in [2.45, 2.75) is 39.1 Å². The zero-order valence-corrected chi connectivity index (χ0v) is 26.4. The van der Waals surface area contributed by atoms with Crippen LogP contribution in [0.1, 0.15) is 19.4 Å². The third-order valence-corrected chi connectivity index (χ3v) is 8.56. The summed E-state index contributed by atoms with van der Waals surface area (Å²) >= 11 is 0. The number of hydrazine groups is 1. The molecule has 2 atom stereocenters. The number of hydrogen-bond acceptors (Lipinski definition) is 12. The monoisotopic (exact) mass is 600 g/mol. The van der Waals surface area contributed by atoms with E-state index < -0.39 is 0 Å². The minimum Gasteiger partial charge on any atom is -0.373 e. The Balaban J connectivity index is 1.09. The normalized spacial score (nSPS) is 22.0. The molecular formula is C31H44N12O. The number of benzene rings is 1. The number of nitrogens with zero attached hydrogens (tertiary/aromatic N) is 10. The van der Waals surface area contributed by atoms with Crippen molar-refractivity contribution in [3.8, 4) is 11.1 Å². The number of aliphatic imine (C=N–C) groups is 1. The van der Waals surface area contributed by atoms with Gasteiger partial charge in [-0.1, -0.05) is 29.5 Å². The van der Waals surface area contributed by atoms with Gasteiger partial charge in [0.25, 0.3) is 0 Å². The quantitative estimate of drug-likeness (QED) is 0.353. The summed E-state index contributed by atoms with van der Waals surface area (Å²) in [7, 11) is 6.01. The Morgan fingerprint density at radius 2 is 1.80 bits per heavy atom. The van der Waals surface area contributed by atoms with Gasteiger partial charge in [-0.05, 0) is 32.0 Å². The van der Waals surface area contributed by atoms with E-state index in [1.54, 1.807) is 0 Å². The fraction of sp³-hybridized carbons (Fsp3) is 0.516. The first-order valence-electron chi connectivity index (χ1n) is 15.4. The lowest BCUT2D eigenvalue weighted by Crippen LogP contribution is -2.45. The highest BCUT2D eigenvalue weighted by Crippen LogP contribution is 2.26. The van der Waals surface area contributed by atoms with E-state index in [2.05, 4.69) is 80.2 Å². The van der Waals surface area contributed by atoms with Crippen LogP contribution < -0.4 is 15.6 Å². The van der Waals surface area contributed by atoms with E-state index in [1.807, 2.05) is 43.1 Å². The van der Waals surface area contributed by atoms with Gasteiger partial charge in [0, 0.05) is 95.4 Å². The molecular weight excluding hydrogens is 556 g/mol. The van der Waals surface area contributed by atoms with E-state index in [9.17, 15) is 0 Å². The summed E-state index contributed by atoms with van der Waals surface area (Å²) in [5.74, 6) is 2.02. The molecule has 0 amide bonds. The van der Waals surface area contributed by atoms with Crippen LogP contribution in [0.2, 0.25) is 0 Å². The summed E-state index contributed by atoms with van der Waals surface area (Å²) in [6.45, 7) is 12.1. The minimum atomic E-state index is -0.113. The van der Waals surface area contributed by atoms with Gasteiger partial charge in [0.2, 0.25) is 5.95 Å². The summed E-state index contributed by atoms with van der Waals surface area (Å²) in [5, 5.41) is 13.8. The van der Waals surface area contributed by atoms with Crippen LogP contribution in [0.15, 0.2) is 53.4 Å². The molecule has 0 bridgehead atoms. The van der Waals surface area contributed by atoms with Crippen LogP contribution >= 0.6 is 0 Å². The van der Waals surface area contributed by atoms with Crippen molar-refractivity contribution in [1.82, 2.24) is 45.2 Å². The van der Waals surface area contributed by atoms with Gasteiger partial charge in [0.1, 0.15) is 0 Å². The van der Waals surface area contributed by atoms with Gasteiger partial charge < -0.3 is 24.9 Å². The maximum absolute atomic E-state index is 6.14. The van der Waals surface area contributed by atoms with Crippen LogP contribution in [0.5, 0.6) is 0 Å². The first-order chi connectivity index (χ1) is 21.4. The van der Waals surface area contributed by atoms with Crippen LogP contribution in [0.4, 0.5) is 17.6 Å². The Labute approximate surface area is 259 Å². The second-order valence-corrected chi connectivity index (χ2v) is 11.9. The molecule has 2 N–H and O–H groups in total. The van der Waals surface area contributed by atoms with E-state index in [0.717, 1.165) is 61.7 Å². The molecule has 44 heavy (non-hydrogen) atoms. The SMILES string of the molecule is CNc1nnn(CC2CN(c3ncc(-c4ccc(CN5CCN(C)CC5)cc4)cn3)CCO2)c1/N=C(\C)C1=CN(C)NC1C. The maximum Gasteiger partial charge on any atom is 0.225 e. The van der Waals surface area contributed by atoms with Crippen molar-refractivity contribution < 1.29 is 4.74 Å². The first-order valence-corrected chi connectivity index (χ1v) is 15.4. The molecule has 13 nitrogen and oxygen atoms in total. The van der Waals surface area contributed by atoms with Crippen LogP contribution in [0, 0.1) is 0 Å². The molecule has 2 fully saturated rings. The highest BCUT2D eigenvalue weighted by molar-refractivity contribution is 6.01. The van der Waals surface area contributed by atoms with Gasteiger partial charge >= 0.3 is 0 Å². The van der Waals surface area contributed by atoms with E-state index in [0.29, 0.717) is 37.3 Å². The Morgan fingerprint density at radius 1 is 1.05 bits per heavy atom. The fourth-order valence-corrected chi connectivity index (χ4v) is 5.97. The van der Waals surface area contributed by atoms with Gasteiger partial charge in [0.05, 0.1) is 25.3 Å². The number of rotatable bonds is 9. The topological polar surface area (TPSA) is 115 Å². The minimum absolute atomic E-state index is 0.113. The number of hydrogen-bond donors (Lipinski definition) is 2. The van der Waals surface area contributed by atoms with Crippen molar-refractivity contribution in [3.05, 3.63) is 54.0 Å². The third-order valence-electron chi connectivity index (χ3n) is 8.56. The highest BCUT2D eigenvalue weighted by Gasteiger charge is 2.26. The van der Waals surface area contributed by atoms with Crippen LogP contribution in [0.25, 0.3) is 11.1 Å². The van der Waals surface area contributed by atoms with Gasteiger partial charge in [-0.2, -0.15) is 0 Å². The number of likely N-dealkylation sites (N-methyl/N-ethyl adjacent to an activating group) is 1. The smallest absolute Gasteiger partial charge is 0.225 e. The lowest BCUT2D eigenvalue weighted by Gasteiger charge is -2.33. The Kier molecular flexibility index (Phi) is 9.17. The second-order valence-electron chi connectivity index (χ2n) is 11.9. The highest BCUT2D eigenvalue weighted by atomic mass is 16.5. The fourth-order valence-electron chi connectivity index (χ4n) is 5.97. The molecule has 1 aromatic carbocycles. The molecule has 0 radical (unpaired) electrons. The molecule has 0 aliphatic carbocycles. The number of morpholine rings is 1. The Morgan fingerprint density at radius 3 is 2.48 bits per heavy atom. The zero-order chi connectivity index (χ0) is 30.6. The standard InChI is InChI=1S/C31H44N12O/c1-22(28-21-40(5)37-23(28)2)35-30-29(32-3)36-38-43(30)20-27-19-42(14-15-44-27)31-33-16-26(17-34-31)25-8-6-24(7-9-25)18-41-12-10-39(4)11-13-41/h6-9,16-17,21,23,27,32,37H,10-15,18-20H2,1-5H3/b35-22+. The first kappa shape index (κ1) is 30.1. The third kappa shape index (κ3) is 6.91. The zero-order valence-electron chi connectivity index (χ0n) is 26.4. The molecule has 3 aliphatic rings. The Hall–Kier alpha value is -3.91. The number of piperazine rings is 1.